The molecule has 1 amide bonds. The fourth-order valence-corrected chi connectivity index (χ4v) is 2.53. The van der Waals surface area contributed by atoms with Gasteiger partial charge in [-0.25, -0.2) is 4.68 Å². The Hall–Kier alpha value is -1.73. The van der Waals surface area contributed by atoms with Gasteiger partial charge in [0.05, 0.1) is 24.6 Å². The molecule has 21 heavy (non-hydrogen) atoms. The molecule has 1 aliphatic rings. The van der Waals surface area contributed by atoms with Crippen molar-refractivity contribution >= 4 is 21.8 Å². The number of hydrogen-bond acceptors (Lipinski definition) is 4. The van der Waals surface area contributed by atoms with Crippen LogP contribution in [0.25, 0.3) is 5.69 Å². The van der Waals surface area contributed by atoms with Crippen LogP contribution in [0.15, 0.2) is 28.7 Å². The molecule has 1 aliphatic heterocycles. The van der Waals surface area contributed by atoms with E-state index in [0.29, 0.717) is 32.0 Å². The van der Waals surface area contributed by atoms with Crippen molar-refractivity contribution < 1.29 is 9.53 Å². The minimum atomic E-state index is -0.0841. The van der Waals surface area contributed by atoms with Crippen molar-refractivity contribution in [3.8, 4) is 5.69 Å². The van der Waals surface area contributed by atoms with Crippen molar-refractivity contribution in [1.29, 1.82) is 0 Å². The van der Waals surface area contributed by atoms with Crippen LogP contribution >= 0.6 is 15.9 Å². The molecule has 0 saturated carbocycles. The van der Waals surface area contributed by atoms with Crippen molar-refractivity contribution in [3.05, 3.63) is 40.1 Å². The average molecular weight is 351 g/mol. The first-order valence-electron chi connectivity index (χ1n) is 6.72. The Balaban J connectivity index is 1.88. The Morgan fingerprint density at radius 1 is 1.24 bits per heavy atom. The summed E-state index contributed by atoms with van der Waals surface area (Å²) in [6, 6.07) is 7.71. The van der Waals surface area contributed by atoms with Crippen LogP contribution in [0.2, 0.25) is 0 Å². The van der Waals surface area contributed by atoms with E-state index < -0.39 is 0 Å². The summed E-state index contributed by atoms with van der Waals surface area (Å²) in [5.41, 5.74) is 2.03. The number of aromatic nitrogens is 3. The number of nitrogens with zero attached hydrogens (tertiary/aromatic N) is 4. The quantitative estimate of drug-likeness (QED) is 0.828. The Bertz CT molecular complexity index is 647. The first kappa shape index (κ1) is 14.2. The number of carbonyl (C=O) groups excluding carboxylic acids is 1. The molecule has 0 atom stereocenters. The lowest BCUT2D eigenvalue weighted by molar-refractivity contribution is 0.0298. The van der Waals surface area contributed by atoms with Gasteiger partial charge in [-0.05, 0) is 31.2 Å². The lowest BCUT2D eigenvalue weighted by Gasteiger charge is -2.26. The van der Waals surface area contributed by atoms with Crippen molar-refractivity contribution in [2.75, 3.05) is 26.3 Å². The standard InChI is InChI=1S/C14H15BrN4O2/c1-10-13(14(20)18-6-8-21-9-7-18)16-17-19(10)12-4-2-11(15)3-5-12/h2-5H,6-9H2,1H3. The van der Waals surface area contributed by atoms with Gasteiger partial charge in [0.15, 0.2) is 5.69 Å². The lowest BCUT2D eigenvalue weighted by atomic mass is 10.2. The number of amides is 1. The molecule has 2 heterocycles. The van der Waals surface area contributed by atoms with E-state index >= 15 is 0 Å². The number of morpholine rings is 1. The number of hydrogen-bond donors (Lipinski definition) is 0. The summed E-state index contributed by atoms with van der Waals surface area (Å²) in [6.45, 7) is 4.21. The number of benzene rings is 1. The molecule has 2 aromatic rings. The third kappa shape index (κ3) is 2.84. The van der Waals surface area contributed by atoms with Gasteiger partial charge >= 0.3 is 0 Å². The van der Waals surface area contributed by atoms with Crippen LogP contribution in [0.3, 0.4) is 0 Å². The van der Waals surface area contributed by atoms with E-state index in [-0.39, 0.29) is 5.91 Å². The molecular formula is C14H15BrN4O2. The summed E-state index contributed by atoms with van der Waals surface area (Å²) in [5.74, 6) is -0.0841. The molecule has 0 radical (unpaired) electrons. The predicted molar refractivity (Wildman–Crippen MR) is 80.5 cm³/mol. The van der Waals surface area contributed by atoms with E-state index in [4.69, 9.17) is 4.74 Å². The van der Waals surface area contributed by atoms with Gasteiger partial charge in [-0.1, -0.05) is 21.1 Å². The summed E-state index contributed by atoms with van der Waals surface area (Å²) in [5, 5.41) is 8.16. The van der Waals surface area contributed by atoms with E-state index in [9.17, 15) is 4.79 Å². The third-order valence-corrected chi connectivity index (χ3v) is 4.00. The zero-order valence-electron chi connectivity index (χ0n) is 11.6. The zero-order valence-corrected chi connectivity index (χ0v) is 13.2. The third-order valence-electron chi connectivity index (χ3n) is 3.47. The maximum Gasteiger partial charge on any atom is 0.276 e. The van der Waals surface area contributed by atoms with Gasteiger partial charge in [-0.2, -0.15) is 0 Å². The molecule has 6 nitrogen and oxygen atoms in total. The molecule has 0 bridgehead atoms. The van der Waals surface area contributed by atoms with Crippen LogP contribution in [0, 0.1) is 6.92 Å². The van der Waals surface area contributed by atoms with Gasteiger partial charge < -0.3 is 9.64 Å². The van der Waals surface area contributed by atoms with Crippen molar-refractivity contribution in [2.24, 2.45) is 0 Å². The maximum absolute atomic E-state index is 12.5. The Labute approximate surface area is 130 Å². The predicted octanol–water partition coefficient (Wildman–Crippen LogP) is 1.81. The normalized spacial score (nSPS) is 15.2. The minimum Gasteiger partial charge on any atom is -0.378 e. The fourth-order valence-electron chi connectivity index (χ4n) is 2.27. The molecule has 7 heteroatoms. The summed E-state index contributed by atoms with van der Waals surface area (Å²) in [7, 11) is 0. The fraction of sp³-hybridized carbons (Fsp3) is 0.357. The Morgan fingerprint density at radius 2 is 1.90 bits per heavy atom. The number of rotatable bonds is 2. The van der Waals surface area contributed by atoms with E-state index in [1.165, 1.54) is 0 Å². The SMILES string of the molecule is Cc1c(C(=O)N2CCOCC2)nnn1-c1ccc(Br)cc1. The lowest BCUT2D eigenvalue weighted by Crippen LogP contribution is -2.41. The van der Waals surface area contributed by atoms with E-state index in [1.54, 1.807) is 9.58 Å². The molecule has 1 aromatic carbocycles. The highest BCUT2D eigenvalue weighted by molar-refractivity contribution is 9.10. The van der Waals surface area contributed by atoms with Gasteiger partial charge in [0.2, 0.25) is 0 Å². The average Bonchev–Trinajstić information content (AvgIpc) is 2.90. The smallest absolute Gasteiger partial charge is 0.276 e. The number of ether oxygens (including phenoxy) is 1. The minimum absolute atomic E-state index is 0.0841. The zero-order chi connectivity index (χ0) is 14.8. The second-order valence-corrected chi connectivity index (χ2v) is 5.73. The topological polar surface area (TPSA) is 60.3 Å². The molecule has 0 N–H and O–H groups in total. The first-order valence-corrected chi connectivity index (χ1v) is 7.51. The van der Waals surface area contributed by atoms with Gasteiger partial charge in [0.25, 0.3) is 5.91 Å². The van der Waals surface area contributed by atoms with Crippen LogP contribution in [0.5, 0.6) is 0 Å². The van der Waals surface area contributed by atoms with E-state index in [0.717, 1.165) is 15.9 Å². The van der Waals surface area contributed by atoms with Gasteiger partial charge in [0, 0.05) is 17.6 Å². The molecule has 0 aliphatic carbocycles. The summed E-state index contributed by atoms with van der Waals surface area (Å²) < 4.78 is 7.94. The van der Waals surface area contributed by atoms with Crippen molar-refractivity contribution in [1.82, 2.24) is 19.9 Å². The van der Waals surface area contributed by atoms with Crippen LogP contribution in [-0.4, -0.2) is 52.1 Å². The van der Waals surface area contributed by atoms with Crippen LogP contribution in [0.4, 0.5) is 0 Å². The highest BCUT2D eigenvalue weighted by Crippen LogP contribution is 2.17. The molecule has 3 rings (SSSR count). The van der Waals surface area contributed by atoms with Gasteiger partial charge in [-0.15, -0.1) is 5.10 Å². The molecule has 0 unspecified atom stereocenters. The Morgan fingerprint density at radius 3 is 2.57 bits per heavy atom. The second-order valence-electron chi connectivity index (χ2n) is 4.82. The van der Waals surface area contributed by atoms with Crippen LogP contribution < -0.4 is 0 Å². The molecular weight excluding hydrogens is 336 g/mol. The second kappa shape index (κ2) is 5.95. The summed E-state index contributed by atoms with van der Waals surface area (Å²) in [6.07, 6.45) is 0. The highest BCUT2D eigenvalue weighted by atomic mass is 79.9. The highest BCUT2D eigenvalue weighted by Gasteiger charge is 2.24. The molecule has 110 valence electrons. The number of carbonyl (C=O) groups is 1. The van der Waals surface area contributed by atoms with Gasteiger partial charge in [0.1, 0.15) is 0 Å². The van der Waals surface area contributed by atoms with Crippen LogP contribution in [0.1, 0.15) is 16.2 Å². The van der Waals surface area contributed by atoms with Crippen LogP contribution in [-0.2, 0) is 4.74 Å². The van der Waals surface area contributed by atoms with Crippen molar-refractivity contribution in [3.63, 3.8) is 0 Å². The molecule has 0 spiro atoms. The van der Waals surface area contributed by atoms with Gasteiger partial charge in [-0.3, -0.25) is 4.79 Å². The number of halogens is 1. The first-order chi connectivity index (χ1) is 10.2. The summed E-state index contributed by atoms with van der Waals surface area (Å²) in [4.78, 5) is 14.2. The largest absolute Gasteiger partial charge is 0.378 e. The Kier molecular flexibility index (Phi) is 4.03. The van der Waals surface area contributed by atoms with E-state index in [2.05, 4.69) is 26.2 Å². The molecule has 1 saturated heterocycles. The summed E-state index contributed by atoms with van der Waals surface area (Å²) >= 11 is 3.40. The van der Waals surface area contributed by atoms with Crippen molar-refractivity contribution in [2.45, 2.75) is 6.92 Å². The van der Waals surface area contributed by atoms with E-state index in [1.807, 2.05) is 31.2 Å². The monoisotopic (exact) mass is 350 g/mol. The molecule has 1 fully saturated rings. The maximum atomic E-state index is 12.5. The molecule has 1 aromatic heterocycles.